The Hall–Kier alpha value is -5.20. The van der Waals surface area contributed by atoms with Gasteiger partial charge < -0.3 is 0 Å². The number of hydrogen-bond donors (Lipinski definition) is 0. The van der Waals surface area contributed by atoms with E-state index in [2.05, 4.69) is 123 Å². The summed E-state index contributed by atoms with van der Waals surface area (Å²) in [7, 11) is 0. The highest BCUT2D eigenvalue weighted by molar-refractivity contribution is 6.04. The second kappa shape index (κ2) is 14.3. The van der Waals surface area contributed by atoms with E-state index in [1.54, 1.807) is 0 Å². The van der Waals surface area contributed by atoms with Crippen LogP contribution in [0.5, 0.6) is 0 Å². The monoisotopic (exact) mass is 606 g/mol. The third-order valence-corrected chi connectivity index (χ3v) is 9.32. The second-order valence-electron chi connectivity index (χ2n) is 11.6. The largest absolute Gasteiger partial charge is 0.254 e. The molecule has 2 atom stereocenters. The van der Waals surface area contributed by atoms with Crippen LogP contribution in [0.2, 0.25) is 0 Å². The normalized spacial score (nSPS) is 19.7. The third-order valence-electron chi connectivity index (χ3n) is 9.32. The van der Waals surface area contributed by atoms with Crippen molar-refractivity contribution in [2.45, 2.75) is 77.3 Å². The van der Waals surface area contributed by atoms with Crippen molar-refractivity contribution in [2.24, 2.45) is 10.2 Å². The van der Waals surface area contributed by atoms with Crippen molar-refractivity contribution in [3.8, 4) is 12.1 Å². The molecular weight excluding hydrogens is 564 g/mol. The predicted molar refractivity (Wildman–Crippen MR) is 189 cm³/mol. The van der Waals surface area contributed by atoms with Crippen LogP contribution in [0.25, 0.3) is 0 Å². The first kappa shape index (κ1) is 32.2. The van der Waals surface area contributed by atoms with Gasteiger partial charge in [-0.05, 0) is 61.1 Å². The first-order valence-corrected chi connectivity index (χ1v) is 16.3. The number of hydrazone groups is 2. The fraction of sp³-hybridized carbons (Fsp3) is 0.300. The zero-order chi connectivity index (χ0) is 32.6. The van der Waals surface area contributed by atoms with Gasteiger partial charge >= 0.3 is 0 Å². The summed E-state index contributed by atoms with van der Waals surface area (Å²) in [6.45, 7) is 8.52. The number of nitriles is 2. The molecule has 0 saturated heterocycles. The predicted octanol–water partition coefficient (Wildman–Crippen LogP) is 9.68. The minimum Gasteiger partial charge on any atom is -0.254 e. The maximum absolute atomic E-state index is 9.50. The van der Waals surface area contributed by atoms with Gasteiger partial charge in [-0.1, -0.05) is 113 Å². The highest BCUT2D eigenvalue weighted by Crippen LogP contribution is 2.45. The van der Waals surface area contributed by atoms with Crippen molar-refractivity contribution < 1.29 is 0 Å². The second-order valence-corrected chi connectivity index (χ2v) is 11.6. The molecule has 6 rings (SSSR count). The molecule has 2 aliphatic rings. The number of anilines is 2. The number of hydrogen-bond acceptors (Lipinski definition) is 6. The van der Waals surface area contributed by atoms with Crippen LogP contribution < -0.4 is 10.0 Å². The summed E-state index contributed by atoms with van der Waals surface area (Å²) in [6, 6.07) is 41.9. The molecule has 0 unspecified atom stereocenters. The standard InChI is InChI=1S/2C20H21N3/c2*1-3-19-17-12-8-9-13-18(17)20(4-2,14-15-21)23(22-19)16-10-6-5-7-11-16/h2*5-13H,3-4,14H2,1-2H3/t2*20-/m00/s1. The first-order valence-electron chi connectivity index (χ1n) is 16.3. The van der Waals surface area contributed by atoms with Gasteiger partial charge in [0.25, 0.3) is 0 Å². The minimum atomic E-state index is -0.411. The van der Waals surface area contributed by atoms with Gasteiger partial charge in [0.15, 0.2) is 0 Å². The van der Waals surface area contributed by atoms with Crippen LogP contribution in [0.1, 0.15) is 88.5 Å². The topological polar surface area (TPSA) is 78.8 Å². The highest BCUT2D eigenvalue weighted by Gasteiger charge is 2.44. The average Bonchev–Trinajstić information content (AvgIpc) is 3.12. The average molecular weight is 607 g/mol. The molecule has 0 amide bonds. The summed E-state index contributed by atoms with van der Waals surface area (Å²) in [5.41, 5.74) is 8.17. The Morgan fingerprint density at radius 3 is 1.20 bits per heavy atom. The van der Waals surface area contributed by atoms with Crippen LogP contribution in [0.3, 0.4) is 0 Å². The van der Waals surface area contributed by atoms with Gasteiger partial charge in [-0.25, -0.2) is 0 Å². The molecule has 4 aromatic carbocycles. The molecule has 0 fully saturated rings. The Kier molecular flexibility index (Phi) is 9.99. The summed E-state index contributed by atoms with van der Waals surface area (Å²) in [5, 5.41) is 33.0. The lowest BCUT2D eigenvalue weighted by Gasteiger charge is -2.45. The van der Waals surface area contributed by atoms with Crippen molar-refractivity contribution in [3.63, 3.8) is 0 Å². The molecule has 0 spiro atoms. The zero-order valence-electron chi connectivity index (χ0n) is 27.3. The van der Waals surface area contributed by atoms with E-state index in [4.69, 9.17) is 10.2 Å². The molecule has 0 aromatic heterocycles. The minimum absolute atomic E-state index is 0.411. The smallest absolute Gasteiger partial charge is 0.102 e. The van der Waals surface area contributed by atoms with Crippen LogP contribution in [0.15, 0.2) is 119 Å². The van der Waals surface area contributed by atoms with E-state index in [-0.39, 0.29) is 0 Å². The fourth-order valence-electron chi connectivity index (χ4n) is 6.85. The van der Waals surface area contributed by atoms with Crippen molar-refractivity contribution >= 4 is 22.8 Å². The molecular formula is C40H42N6. The highest BCUT2D eigenvalue weighted by atomic mass is 15.5. The number of fused-ring (bicyclic) bond motifs is 2. The van der Waals surface area contributed by atoms with E-state index in [1.807, 2.05) is 36.4 Å². The molecule has 2 aliphatic heterocycles. The van der Waals surface area contributed by atoms with E-state index < -0.39 is 11.1 Å². The lowest BCUT2D eigenvalue weighted by molar-refractivity contribution is 0.390. The summed E-state index contributed by atoms with van der Waals surface area (Å²) in [4.78, 5) is 0. The van der Waals surface area contributed by atoms with Gasteiger partial charge in [0.1, 0.15) is 11.1 Å². The Bertz CT molecular complexity index is 1650. The van der Waals surface area contributed by atoms with E-state index in [9.17, 15) is 10.5 Å². The van der Waals surface area contributed by atoms with E-state index >= 15 is 0 Å². The maximum atomic E-state index is 9.50. The van der Waals surface area contributed by atoms with E-state index in [0.717, 1.165) is 48.5 Å². The molecule has 6 nitrogen and oxygen atoms in total. The molecule has 0 radical (unpaired) electrons. The Labute approximate surface area is 273 Å². The number of para-hydroxylation sites is 2. The summed E-state index contributed by atoms with van der Waals surface area (Å²) < 4.78 is 0. The summed E-state index contributed by atoms with van der Waals surface area (Å²) in [6.07, 6.45) is 4.21. The van der Waals surface area contributed by atoms with Crippen molar-refractivity contribution in [1.82, 2.24) is 0 Å². The molecule has 2 heterocycles. The maximum Gasteiger partial charge on any atom is 0.102 e. The van der Waals surface area contributed by atoms with Crippen LogP contribution >= 0.6 is 0 Å². The third kappa shape index (κ3) is 5.68. The molecule has 0 N–H and O–H groups in total. The van der Waals surface area contributed by atoms with Gasteiger partial charge in [-0.3, -0.25) is 10.0 Å². The van der Waals surface area contributed by atoms with Crippen LogP contribution in [0.4, 0.5) is 11.4 Å². The molecule has 46 heavy (non-hydrogen) atoms. The van der Waals surface area contributed by atoms with Crippen LogP contribution in [-0.4, -0.2) is 11.4 Å². The molecule has 0 bridgehead atoms. The number of benzene rings is 4. The van der Waals surface area contributed by atoms with E-state index in [0.29, 0.717) is 12.8 Å². The first-order chi connectivity index (χ1) is 22.5. The molecule has 6 heteroatoms. The van der Waals surface area contributed by atoms with Gasteiger partial charge in [-0.2, -0.15) is 20.7 Å². The van der Waals surface area contributed by atoms with Gasteiger partial charge in [0.05, 0.1) is 47.8 Å². The van der Waals surface area contributed by atoms with Crippen molar-refractivity contribution in [2.75, 3.05) is 10.0 Å². The van der Waals surface area contributed by atoms with Crippen LogP contribution in [0, 0.1) is 22.7 Å². The quantitative estimate of drug-likeness (QED) is 0.200. The van der Waals surface area contributed by atoms with Crippen LogP contribution in [-0.2, 0) is 11.1 Å². The summed E-state index contributed by atoms with van der Waals surface area (Å²) >= 11 is 0. The zero-order valence-corrected chi connectivity index (χ0v) is 27.3. The Balaban J connectivity index is 0.000000181. The SMILES string of the molecule is CCC1=NN(c2ccccc2)[C@@](CC)(CC#N)c2ccccc21.CCC1=NN(c2ccccc2)[C@@](CC)(CC#N)c2ccccc21. The Morgan fingerprint density at radius 2 is 0.870 bits per heavy atom. The van der Waals surface area contributed by atoms with Crippen molar-refractivity contribution in [1.29, 1.82) is 10.5 Å². The number of rotatable bonds is 8. The van der Waals surface area contributed by atoms with Gasteiger partial charge in [0, 0.05) is 11.1 Å². The molecule has 232 valence electrons. The fourth-order valence-corrected chi connectivity index (χ4v) is 6.85. The Morgan fingerprint density at radius 1 is 0.522 bits per heavy atom. The molecule has 4 aromatic rings. The van der Waals surface area contributed by atoms with E-state index in [1.165, 1.54) is 22.3 Å². The lowest BCUT2D eigenvalue weighted by atomic mass is 9.78. The molecule has 0 aliphatic carbocycles. The lowest BCUT2D eigenvalue weighted by Crippen LogP contribution is -2.47. The van der Waals surface area contributed by atoms with Gasteiger partial charge in [0.2, 0.25) is 0 Å². The number of nitrogens with zero attached hydrogens (tertiary/aromatic N) is 6. The summed E-state index contributed by atoms with van der Waals surface area (Å²) in [5.74, 6) is 0. The molecule has 0 saturated carbocycles. The van der Waals surface area contributed by atoms with Crippen molar-refractivity contribution in [3.05, 3.63) is 131 Å². The van der Waals surface area contributed by atoms with Gasteiger partial charge in [-0.15, -0.1) is 0 Å².